The highest BCUT2D eigenvalue weighted by Gasteiger charge is 2.36. The van der Waals surface area contributed by atoms with E-state index in [0.29, 0.717) is 6.20 Å². The van der Waals surface area contributed by atoms with Crippen molar-refractivity contribution >= 4 is 28.8 Å². The highest BCUT2D eigenvalue weighted by molar-refractivity contribution is 6.28. The first-order chi connectivity index (χ1) is 11.2. The Bertz CT molecular complexity index is 708. The number of alkyl halides is 3. The van der Waals surface area contributed by atoms with Crippen LogP contribution in [0.2, 0.25) is 5.28 Å². The minimum Gasteiger partial charge on any atom is -0.329 e. The van der Waals surface area contributed by atoms with Crippen molar-refractivity contribution in [3.8, 4) is 0 Å². The van der Waals surface area contributed by atoms with Crippen LogP contribution in [0.1, 0.15) is 19.4 Å². The van der Waals surface area contributed by atoms with Crippen LogP contribution in [0.5, 0.6) is 0 Å². The van der Waals surface area contributed by atoms with E-state index in [2.05, 4.69) is 9.97 Å². The fourth-order valence-electron chi connectivity index (χ4n) is 1.73. The second kappa shape index (κ2) is 7.91. The Morgan fingerprint density at radius 1 is 1.21 bits per heavy atom. The molecule has 1 aromatic carbocycles. The Morgan fingerprint density at radius 3 is 2.21 bits per heavy atom. The summed E-state index contributed by atoms with van der Waals surface area (Å²) in [5.41, 5.74) is -0.947. The second-order valence-electron chi connectivity index (χ2n) is 4.21. The summed E-state index contributed by atoms with van der Waals surface area (Å²) in [4.78, 5) is 18.0. The van der Waals surface area contributed by atoms with Crippen LogP contribution in [-0.2, 0) is 6.18 Å². The summed E-state index contributed by atoms with van der Waals surface area (Å²) in [5.74, 6) is -0.443. The fraction of sp³-hybridized carbons (Fsp3) is 0.286. The maximum Gasteiger partial charge on any atom is 0.421 e. The van der Waals surface area contributed by atoms with Crippen molar-refractivity contribution in [2.45, 2.75) is 20.0 Å². The largest absolute Gasteiger partial charge is 0.421 e. The molecule has 0 N–H and O–H groups in total. The van der Waals surface area contributed by atoms with Crippen LogP contribution in [-0.4, -0.2) is 21.9 Å². The molecule has 2 aromatic rings. The third-order valence-electron chi connectivity index (χ3n) is 2.81. The van der Waals surface area contributed by atoms with Crippen molar-refractivity contribution < 1.29 is 18.1 Å². The molecule has 0 atom stereocenters. The zero-order valence-corrected chi connectivity index (χ0v) is 13.8. The molecule has 0 aliphatic carbocycles. The molecule has 0 aliphatic rings. The molecule has 0 saturated heterocycles. The number of nitro groups is 1. The summed E-state index contributed by atoms with van der Waals surface area (Å²) >= 11 is 5.56. The van der Waals surface area contributed by atoms with Gasteiger partial charge in [-0.15, -0.1) is 0 Å². The van der Waals surface area contributed by atoms with Gasteiger partial charge in [0.15, 0.2) is 0 Å². The molecular weight excluding hydrogens is 349 g/mol. The predicted octanol–water partition coefficient (Wildman–Crippen LogP) is 4.85. The van der Waals surface area contributed by atoms with E-state index in [1.807, 2.05) is 13.8 Å². The molecule has 0 spiro atoms. The van der Waals surface area contributed by atoms with Crippen LogP contribution in [0.4, 0.5) is 30.4 Å². The maximum absolute atomic E-state index is 13.0. The van der Waals surface area contributed by atoms with Crippen molar-refractivity contribution in [2.24, 2.45) is 0 Å². The van der Waals surface area contributed by atoms with E-state index in [1.165, 1.54) is 31.3 Å². The number of nitro benzene ring substituents is 1. The van der Waals surface area contributed by atoms with E-state index in [9.17, 15) is 23.3 Å². The highest BCUT2D eigenvalue weighted by atomic mass is 35.5. The van der Waals surface area contributed by atoms with Gasteiger partial charge in [0, 0.05) is 31.1 Å². The van der Waals surface area contributed by atoms with Crippen LogP contribution in [0.3, 0.4) is 0 Å². The molecule has 0 radical (unpaired) electrons. The van der Waals surface area contributed by atoms with Crippen molar-refractivity contribution in [3.05, 3.63) is 51.4 Å². The molecule has 1 heterocycles. The Labute approximate surface area is 141 Å². The molecule has 2 rings (SSSR count). The van der Waals surface area contributed by atoms with Gasteiger partial charge in [-0.3, -0.25) is 10.1 Å². The van der Waals surface area contributed by atoms with Gasteiger partial charge in [0.05, 0.1) is 4.92 Å². The number of aromatic nitrogens is 2. The zero-order valence-electron chi connectivity index (χ0n) is 13.0. The molecule has 0 aliphatic heterocycles. The smallest absolute Gasteiger partial charge is 0.329 e. The number of non-ortho nitro benzene ring substituents is 1. The van der Waals surface area contributed by atoms with Gasteiger partial charge in [0.2, 0.25) is 5.28 Å². The highest BCUT2D eigenvalue weighted by Crippen LogP contribution is 2.37. The topological polar surface area (TPSA) is 72.2 Å². The molecule has 0 saturated carbocycles. The predicted molar refractivity (Wildman–Crippen MR) is 84.6 cm³/mol. The number of hydrogen-bond donors (Lipinski definition) is 0. The maximum atomic E-state index is 13.0. The van der Waals surface area contributed by atoms with Gasteiger partial charge in [-0.1, -0.05) is 13.8 Å². The lowest BCUT2D eigenvalue weighted by Crippen LogP contribution is -2.18. The second-order valence-corrected chi connectivity index (χ2v) is 4.54. The van der Waals surface area contributed by atoms with Gasteiger partial charge >= 0.3 is 6.18 Å². The third kappa shape index (κ3) is 4.54. The number of rotatable bonds is 3. The lowest BCUT2D eigenvalue weighted by atomic mass is 10.2. The minimum absolute atomic E-state index is 0.172. The summed E-state index contributed by atoms with van der Waals surface area (Å²) in [6.45, 7) is 4.00. The third-order valence-corrected chi connectivity index (χ3v) is 2.99. The zero-order chi connectivity index (χ0) is 18.5. The molecule has 130 valence electrons. The number of benzene rings is 1. The van der Waals surface area contributed by atoms with Gasteiger partial charge in [0.1, 0.15) is 11.4 Å². The van der Waals surface area contributed by atoms with E-state index < -0.39 is 22.5 Å². The van der Waals surface area contributed by atoms with Gasteiger partial charge in [-0.25, -0.2) is 4.98 Å². The summed E-state index contributed by atoms with van der Waals surface area (Å²) in [7, 11) is 1.34. The van der Waals surface area contributed by atoms with E-state index in [0.717, 1.165) is 4.90 Å². The number of hydrogen-bond acceptors (Lipinski definition) is 5. The summed E-state index contributed by atoms with van der Waals surface area (Å²) in [5, 5.41) is 10.3. The number of halogens is 4. The lowest BCUT2D eigenvalue weighted by molar-refractivity contribution is -0.384. The summed E-state index contributed by atoms with van der Waals surface area (Å²) < 4.78 is 39.0. The Balaban J connectivity index is 0.00000139. The average Bonchev–Trinajstić information content (AvgIpc) is 2.55. The van der Waals surface area contributed by atoms with Gasteiger partial charge in [-0.05, 0) is 23.7 Å². The lowest BCUT2D eigenvalue weighted by Gasteiger charge is -2.22. The van der Waals surface area contributed by atoms with Crippen molar-refractivity contribution in [3.63, 3.8) is 0 Å². The number of nitrogens with zero attached hydrogens (tertiary/aromatic N) is 4. The van der Waals surface area contributed by atoms with Crippen molar-refractivity contribution in [1.29, 1.82) is 0 Å². The first kappa shape index (κ1) is 19.6. The minimum atomic E-state index is -4.66. The van der Waals surface area contributed by atoms with Crippen molar-refractivity contribution in [1.82, 2.24) is 9.97 Å². The molecule has 6 nitrogen and oxygen atoms in total. The quantitative estimate of drug-likeness (QED) is 0.443. The Hall–Kier alpha value is -2.42. The molecule has 0 fully saturated rings. The molecular formula is C14H14ClF3N4O2. The standard InChI is InChI=1S/C12H8ClF3N4O2.C2H6/c1-19(7-2-4-8(5-3-7)20(21)22)10-9(12(14,15)16)6-17-11(13)18-10;1-2/h2-6H,1H3;1-2H3. The monoisotopic (exact) mass is 362 g/mol. The fourth-order valence-corrected chi connectivity index (χ4v) is 1.86. The van der Waals surface area contributed by atoms with E-state index in [-0.39, 0.29) is 16.7 Å². The van der Waals surface area contributed by atoms with Gasteiger partial charge in [-0.2, -0.15) is 18.2 Å². The van der Waals surface area contributed by atoms with Crippen LogP contribution >= 0.6 is 11.6 Å². The average molecular weight is 363 g/mol. The van der Waals surface area contributed by atoms with Crippen LogP contribution in [0.25, 0.3) is 0 Å². The SMILES string of the molecule is CC.CN(c1ccc([N+](=O)[O-])cc1)c1nc(Cl)ncc1C(F)(F)F. The van der Waals surface area contributed by atoms with E-state index >= 15 is 0 Å². The van der Waals surface area contributed by atoms with Crippen LogP contribution in [0, 0.1) is 10.1 Å². The molecule has 10 heteroatoms. The van der Waals surface area contributed by atoms with E-state index in [4.69, 9.17) is 11.6 Å². The molecule has 0 bridgehead atoms. The first-order valence-corrected chi connectivity index (χ1v) is 7.16. The summed E-state index contributed by atoms with van der Waals surface area (Å²) in [6, 6.07) is 4.99. The molecule has 0 unspecified atom stereocenters. The molecule has 1 aromatic heterocycles. The van der Waals surface area contributed by atoms with Crippen LogP contribution in [0.15, 0.2) is 30.5 Å². The van der Waals surface area contributed by atoms with E-state index in [1.54, 1.807) is 0 Å². The normalized spacial score (nSPS) is 10.6. The Kier molecular flexibility index (Phi) is 6.47. The molecule has 0 amide bonds. The van der Waals surface area contributed by atoms with Crippen LogP contribution < -0.4 is 4.90 Å². The van der Waals surface area contributed by atoms with Crippen molar-refractivity contribution in [2.75, 3.05) is 11.9 Å². The number of anilines is 2. The van der Waals surface area contributed by atoms with Gasteiger partial charge in [0.25, 0.3) is 5.69 Å². The van der Waals surface area contributed by atoms with Gasteiger partial charge < -0.3 is 4.90 Å². The molecule has 24 heavy (non-hydrogen) atoms. The Morgan fingerprint density at radius 2 is 1.75 bits per heavy atom. The summed E-state index contributed by atoms with van der Waals surface area (Å²) in [6.07, 6.45) is -4.07. The first-order valence-electron chi connectivity index (χ1n) is 6.78.